The van der Waals surface area contributed by atoms with E-state index >= 15 is 0 Å². The largest absolute Gasteiger partial charge is 0.466 e. The zero-order valence-electron chi connectivity index (χ0n) is 15.1. The van der Waals surface area contributed by atoms with Crippen molar-refractivity contribution >= 4 is 23.8 Å². The van der Waals surface area contributed by atoms with Crippen molar-refractivity contribution in [2.24, 2.45) is 0 Å². The molecule has 0 unspecified atom stereocenters. The summed E-state index contributed by atoms with van der Waals surface area (Å²) in [4.78, 5) is 50.2. The molecule has 0 atom stereocenters. The lowest BCUT2D eigenvalue weighted by molar-refractivity contribution is -0.197. The topological polar surface area (TPSA) is 90.0 Å². The van der Waals surface area contributed by atoms with Gasteiger partial charge in [0.2, 0.25) is 0 Å². The van der Waals surface area contributed by atoms with Crippen molar-refractivity contribution in [2.45, 2.75) is 84.0 Å². The van der Waals surface area contributed by atoms with Crippen LogP contribution in [0, 0.1) is 0 Å². The first-order chi connectivity index (χ1) is 12.0. The molecule has 0 aromatic rings. The van der Waals surface area contributed by atoms with Crippen LogP contribution in [0.2, 0.25) is 0 Å². The van der Waals surface area contributed by atoms with Crippen LogP contribution in [-0.4, -0.2) is 35.4 Å². The highest BCUT2D eigenvalue weighted by Gasteiger charge is 2.32. The SMILES string of the molecule is CCOC(=O)CCCCCCCCCCC(=O)ON1C(=O)CCC1=O. The van der Waals surface area contributed by atoms with Crippen LogP contribution in [0.4, 0.5) is 0 Å². The summed E-state index contributed by atoms with van der Waals surface area (Å²) in [5, 5.41) is 0.596. The maximum Gasteiger partial charge on any atom is 0.333 e. The monoisotopic (exact) mass is 355 g/mol. The lowest BCUT2D eigenvalue weighted by Gasteiger charge is -2.12. The van der Waals surface area contributed by atoms with E-state index in [0.717, 1.165) is 44.9 Å². The van der Waals surface area contributed by atoms with Gasteiger partial charge in [0, 0.05) is 25.7 Å². The fourth-order valence-corrected chi connectivity index (χ4v) is 2.64. The Balaban J connectivity index is 1.90. The number of ether oxygens (including phenoxy) is 1. The van der Waals surface area contributed by atoms with Gasteiger partial charge in [-0.3, -0.25) is 14.4 Å². The molecule has 2 amide bonds. The fraction of sp³-hybridized carbons (Fsp3) is 0.778. The fourth-order valence-electron chi connectivity index (χ4n) is 2.64. The van der Waals surface area contributed by atoms with Gasteiger partial charge in [0.1, 0.15) is 0 Å². The third-order valence-corrected chi connectivity index (χ3v) is 4.02. The van der Waals surface area contributed by atoms with Crippen LogP contribution in [-0.2, 0) is 28.8 Å². The number of hydrogen-bond acceptors (Lipinski definition) is 6. The second-order valence-electron chi connectivity index (χ2n) is 6.18. The highest BCUT2D eigenvalue weighted by atomic mass is 16.7. The Bertz CT molecular complexity index is 446. The number of esters is 1. The predicted octanol–water partition coefficient (Wildman–Crippen LogP) is 3.06. The summed E-state index contributed by atoms with van der Waals surface area (Å²) in [6.45, 7) is 2.25. The van der Waals surface area contributed by atoms with Crippen LogP contribution in [0.15, 0.2) is 0 Å². The van der Waals surface area contributed by atoms with Crippen LogP contribution in [0.25, 0.3) is 0 Å². The number of amides is 2. The first-order valence-electron chi connectivity index (χ1n) is 9.26. The minimum absolute atomic E-state index is 0.117. The zero-order chi connectivity index (χ0) is 18.5. The van der Waals surface area contributed by atoms with Crippen molar-refractivity contribution in [2.75, 3.05) is 6.61 Å². The van der Waals surface area contributed by atoms with E-state index in [4.69, 9.17) is 9.57 Å². The third-order valence-electron chi connectivity index (χ3n) is 4.02. The van der Waals surface area contributed by atoms with Crippen LogP contribution < -0.4 is 0 Å². The number of rotatable bonds is 13. The Kier molecular flexibility index (Phi) is 10.5. The second-order valence-corrected chi connectivity index (χ2v) is 6.18. The normalized spacial score (nSPS) is 14.0. The van der Waals surface area contributed by atoms with Gasteiger partial charge >= 0.3 is 11.9 Å². The molecule has 0 N–H and O–H groups in total. The van der Waals surface area contributed by atoms with Gasteiger partial charge < -0.3 is 9.57 Å². The zero-order valence-corrected chi connectivity index (χ0v) is 15.1. The number of carbonyl (C=O) groups is 4. The average Bonchev–Trinajstić information content (AvgIpc) is 2.88. The molecule has 0 bridgehead atoms. The standard InChI is InChI=1S/C18H29NO6/c1-2-24-17(22)11-9-7-5-3-4-6-8-10-12-18(23)25-19-15(20)13-14-16(19)21/h2-14H2,1H3. The van der Waals surface area contributed by atoms with Gasteiger partial charge in [-0.15, -0.1) is 5.06 Å². The Morgan fingerprint density at radius 2 is 1.24 bits per heavy atom. The van der Waals surface area contributed by atoms with Crippen LogP contribution >= 0.6 is 0 Å². The highest BCUT2D eigenvalue weighted by Crippen LogP contribution is 2.14. The van der Waals surface area contributed by atoms with Crippen molar-refractivity contribution in [3.05, 3.63) is 0 Å². The molecule has 25 heavy (non-hydrogen) atoms. The number of nitrogens with zero attached hydrogens (tertiary/aromatic N) is 1. The molecule has 1 aliphatic heterocycles. The van der Waals surface area contributed by atoms with Gasteiger partial charge in [0.15, 0.2) is 0 Å². The summed E-state index contributed by atoms with van der Waals surface area (Å²) in [7, 11) is 0. The summed E-state index contributed by atoms with van der Waals surface area (Å²) in [5.41, 5.74) is 0. The number of imide groups is 1. The molecule has 142 valence electrons. The molecule has 1 heterocycles. The van der Waals surface area contributed by atoms with E-state index in [2.05, 4.69) is 0 Å². The number of hydrogen-bond donors (Lipinski definition) is 0. The van der Waals surface area contributed by atoms with Crippen molar-refractivity contribution in [1.82, 2.24) is 5.06 Å². The van der Waals surface area contributed by atoms with Crippen LogP contribution in [0.1, 0.15) is 84.0 Å². The van der Waals surface area contributed by atoms with E-state index in [1.807, 2.05) is 6.92 Å². The molecular formula is C18H29NO6. The lowest BCUT2D eigenvalue weighted by Crippen LogP contribution is -2.31. The summed E-state index contributed by atoms with van der Waals surface area (Å²) < 4.78 is 4.87. The molecule has 1 aliphatic rings. The molecule has 1 saturated heterocycles. The maximum absolute atomic E-state index is 11.6. The summed E-state index contributed by atoms with van der Waals surface area (Å²) in [6.07, 6.45) is 8.81. The molecule has 0 spiro atoms. The van der Waals surface area contributed by atoms with E-state index in [1.165, 1.54) is 0 Å². The van der Waals surface area contributed by atoms with Gasteiger partial charge in [-0.25, -0.2) is 4.79 Å². The van der Waals surface area contributed by atoms with Gasteiger partial charge in [0.25, 0.3) is 11.8 Å². The van der Waals surface area contributed by atoms with E-state index in [9.17, 15) is 19.2 Å². The lowest BCUT2D eigenvalue weighted by atomic mass is 10.1. The van der Waals surface area contributed by atoms with Gasteiger partial charge in [-0.05, 0) is 19.8 Å². The highest BCUT2D eigenvalue weighted by molar-refractivity contribution is 6.01. The molecule has 7 nitrogen and oxygen atoms in total. The maximum atomic E-state index is 11.6. The third kappa shape index (κ3) is 9.22. The van der Waals surface area contributed by atoms with Gasteiger partial charge in [-0.2, -0.15) is 0 Å². The summed E-state index contributed by atoms with van der Waals surface area (Å²) in [5.74, 6) is -1.53. The van der Waals surface area contributed by atoms with Crippen molar-refractivity contribution < 1.29 is 28.8 Å². The van der Waals surface area contributed by atoms with Crippen LogP contribution in [0.3, 0.4) is 0 Å². The minimum Gasteiger partial charge on any atom is -0.466 e. The number of hydroxylamine groups is 2. The predicted molar refractivity (Wildman–Crippen MR) is 90.0 cm³/mol. The molecular weight excluding hydrogens is 326 g/mol. The quantitative estimate of drug-likeness (QED) is 0.286. The second kappa shape index (κ2) is 12.4. The van der Waals surface area contributed by atoms with E-state index < -0.39 is 17.8 Å². The Hall–Kier alpha value is -1.92. The first kappa shape index (κ1) is 21.1. The first-order valence-corrected chi connectivity index (χ1v) is 9.26. The molecule has 0 radical (unpaired) electrons. The Morgan fingerprint density at radius 1 is 0.800 bits per heavy atom. The molecule has 0 aliphatic carbocycles. The minimum atomic E-state index is -0.525. The molecule has 7 heteroatoms. The van der Waals surface area contributed by atoms with Gasteiger partial charge in [0.05, 0.1) is 6.61 Å². The van der Waals surface area contributed by atoms with E-state index in [-0.39, 0.29) is 25.2 Å². The number of carbonyl (C=O) groups excluding carboxylic acids is 4. The van der Waals surface area contributed by atoms with Gasteiger partial charge in [-0.1, -0.05) is 38.5 Å². The van der Waals surface area contributed by atoms with E-state index in [1.54, 1.807) is 0 Å². The van der Waals surface area contributed by atoms with Crippen molar-refractivity contribution in [3.63, 3.8) is 0 Å². The smallest absolute Gasteiger partial charge is 0.333 e. The Labute approximate surface area is 149 Å². The van der Waals surface area contributed by atoms with Crippen molar-refractivity contribution in [1.29, 1.82) is 0 Å². The molecule has 0 aromatic carbocycles. The molecule has 0 aromatic heterocycles. The summed E-state index contributed by atoms with van der Waals surface area (Å²) >= 11 is 0. The van der Waals surface area contributed by atoms with Crippen LogP contribution in [0.5, 0.6) is 0 Å². The molecule has 1 fully saturated rings. The van der Waals surface area contributed by atoms with E-state index in [0.29, 0.717) is 24.5 Å². The number of unbranched alkanes of at least 4 members (excludes halogenated alkanes) is 7. The average molecular weight is 355 g/mol. The van der Waals surface area contributed by atoms with Crippen molar-refractivity contribution in [3.8, 4) is 0 Å². The molecule has 0 saturated carbocycles. The summed E-state index contributed by atoms with van der Waals surface area (Å²) in [6, 6.07) is 0. The Morgan fingerprint density at radius 3 is 1.72 bits per heavy atom. The molecule has 1 rings (SSSR count).